The lowest BCUT2D eigenvalue weighted by molar-refractivity contribution is 0.600. The molecule has 19 heavy (non-hydrogen) atoms. The topological polar surface area (TPSA) is 85.1 Å². The summed E-state index contributed by atoms with van der Waals surface area (Å²) >= 11 is 0. The van der Waals surface area contributed by atoms with Crippen LogP contribution in [0.4, 0.5) is 11.4 Å². The maximum absolute atomic E-state index is 12.3. The van der Waals surface area contributed by atoms with Crippen LogP contribution < -0.4 is 10.5 Å². The fraction of sp³-hybridized carbons (Fsp3) is 0.154. The summed E-state index contributed by atoms with van der Waals surface area (Å²) in [6.45, 7) is 3.49. The van der Waals surface area contributed by atoms with E-state index in [-0.39, 0.29) is 4.90 Å². The van der Waals surface area contributed by atoms with Crippen LogP contribution in [0, 0.1) is 13.8 Å². The predicted molar refractivity (Wildman–Crippen MR) is 75.4 cm³/mol. The van der Waals surface area contributed by atoms with Gasteiger partial charge in [-0.3, -0.25) is 9.71 Å². The summed E-state index contributed by atoms with van der Waals surface area (Å²) in [5, 5.41) is 0. The summed E-state index contributed by atoms with van der Waals surface area (Å²) in [6, 6.07) is 6.65. The zero-order valence-electron chi connectivity index (χ0n) is 10.7. The Balaban J connectivity index is 2.46. The molecule has 0 atom stereocenters. The van der Waals surface area contributed by atoms with Crippen LogP contribution in [0.3, 0.4) is 0 Å². The molecule has 0 spiro atoms. The van der Waals surface area contributed by atoms with Gasteiger partial charge >= 0.3 is 0 Å². The molecule has 0 aliphatic heterocycles. The quantitative estimate of drug-likeness (QED) is 0.841. The molecule has 0 fully saturated rings. The third-order valence-corrected chi connectivity index (χ3v) is 4.26. The molecular formula is C13H15N3O2S. The zero-order chi connectivity index (χ0) is 14.0. The second-order valence-electron chi connectivity index (χ2n) is 4.32. The van der Waals surface area contributed by atoms with E-state index in [0.29, 0.717) is 16.9 Å². The Morgan fingerprint density at radius 3 is 2.63 bits per heavy atom. The Hall–Kier alpha value is -2.08. The molecule has 100 valence electrons. The van der Waals surface area contributed by atoms with Gasteiger partial charge in [0.25, 0.3) is 10.0 Å². The van der Waals surface area contributed by atoms with E-state index in [4.69, 9.17) is 5.73 Å². The minimum Gasteiger partial charge on any atom is -0.398 e. The number of benzene rings is 1. The van der Waals surface area contributed by atoms with Crippen molar-refractivity contribution in [2.24, 2.45) is 0 Å². The molecule has 2 rings (SSSR count). The molecule has 5 nitrogen and oxygen atoms in total. The minimum atomic E-state index is -3.66. The average molecular weight is 277 g/mol. The minimum absolute atomic E-state index is 0.189. The van der Waals surface area contributed by atoms with Crippen molar-refractivity contribution in [3.63, 3.8) is 0 Å². The molecule has 2 aromatic rings. The molecule has 3 N–H and O–H groups in total. The van der Waals surface area contributed by atoms with E-state index in [2.05, 4.69) is 9.71 Å². The molecular weight excluding hydrogens is 262 g/mol. The van der Waals surface area contributed by atoms with E-state index >= 15 is 0 Å². The van der Waals surface area contributed by atoms with Crippen LogP contribution in [0.1, 0.15) is 11.1 Å². The highest BCUT2D eigenvalue weighted by atomic mass is 32.2. The summed E-state index contributed by atoms with van der Waals surface area (Å²) in [5.74, 6) is 0. The largest absolute Gasteiger partial charge is 0.398 e. The fourth-order valence-electron chi connectivity index (χ4n) is 1.76. The van der Waals surface area contributed by atoms with Gasteiger partial charge in [0.15, 0.2) is 0 Å². The number of aryl methyl sites for hydroxylation is 1. The maximum Gasteiger partial charge on any atom is 0.262 e. The Morgan fingerprint density at radius 1 is 1.26 bits per heavy atom. The van der Waals surface area contributed by atoms with Crippen molar-refractivity contribution in [3.05, 3.63) is 47.8 Å². The van der Waals surface area contributed by atoms with Crippen LogP contribution in [0.2, 0.25) is 0 Å². The van der Waals surface area contributed by atoms with Crippen molar-refractivity contribution >= 4 is 21.4 Å². The van der Waals surface area contributed by atoms with E-state index in [1.54, 1.807) is 44.3 Å². The summed E-state index contributed by atoms with van der Waals surface area (Å²) in [5.41, 5.74) is 8.03. The molecule has 0 unspecified atom stereocenters. The van der Waals surface area contributed by atoms with Gasteiger partial charge in [-0.2, -0.15) is 0 Å². The van der Waals surface area contributed by atoms with E-state index in [9.17, 15) is 8.42 Å². The molecule has 1 aromatic heterocycles. The first kappa shape index (κ1) is 13.4. The van der Waals surface area contributed by atoms with Gasteiger partial charge in [-0.25, -0.2) is 8.42 Å². The second kappa shape index (κ2) is 4.89. The first-order valence-electron chi connectivity index (χ1n) is 5.70. The van der Waals surface area contributed by atoms with Gasteiger partial charge in [0.05, 0.1) is 16.8 Å². The molecule has 0 aliphatic rings. The van der Waals surface area contributed by atoms with E-state index in [0.717, 1.165) is 5.56 Å². The fourth-order valence-corrected chi connectivity index (χ4v) is 3.17. The summed E-state index contributed by atoms with van der Waals surface area (Å²) in [7, 11) is -3.66. The van der Waals surface area contributed by atoms with Crippen LogP contribution in [0.15, 0.2) is 41.6 Å². The highest BCUT2D eigenvalue weighted by Gasteiger charge is 2.18. The molecule has 6 heteroatoms. The smallest absolute Gasteiger partial charge is 0.262 e. The first-order chi connectivity index (χ1) is 8.90. The Kier molecular flexibility index (Phi) is 3.44. The lowest BCUT2D eigenvalue weighted by Gasteiger charge is -2.12. The molecule has 0 bridgehead atoms. The number of aromatic nitrogens is 1. The van der Waals surface area contributed by atoms with Gasteiger partial charge in [0.2, 0.25) is 0 Å². The van der Waals surface area contributed by atoms with Crippen molar-refractivity contribution in [1.82, 2.24) is 4.98 Å². The number of nitrogen functional groups attached to an aromatic ring is 1. The molecule has 1 aromatic carbocycles. The number of rotatable bonds is 3. The second-order valence-corrected chi connectivity index (χ2v) is 5.98. The van der Waals surface area contributed by atoms with Gasteiger partial charge < -0.3 is 5.73 Å². The van der Waals surface area contributed by atoms with Crippen LogP contribution >= 0.6 is 0 Å². The summed E-state index contributed by atoms with van der Waals surface area (Å²) in [4.78, 5) is 4.06. The standard InChI is InChI=1S/C13H15N3O2S/c1-9-6-12(14)10(2)13(7-9)19(17,18)16-11-4-3-5-15-8-11/h3-8,16H,14H2,1-2H3. The third-order valence-electron chi connectivity index (χ3n) is 2.75. The third kappa shape index (κ3) is 2.85. The number of anilines is 2. The van der Waals surface area contributed by atoms with Crippen LogP contribution in [-0.2, 0) is 10.0 Å². The van der Waals surface area contributed by atoms with Crippen molar-refractivity contribution in [1.29, 1.82) is 0 Å². The molecule has 1 heterocycles. The molecule has 0 saturated heterocycles. The van der Waals surface area contributed by atoms with E-state index in [1.807, 2.05) is 0 Å². The zero-order valence-corrected chi connectivity index (χ0v) is 11.5. The van der Waals surface area contributed by atoms with Gasteiger partial charge in [-0.05, 0) is 49.2 Å². The number of hydrogen-bond acceptors (Lipinski definition) is 4. The number of nitrogens with two attached hydrogens (primary N) is 1. The Labute approximate surface area is 112 Å². The Morgan fingerprint density at radius 2 is 2.00 bits per heavy atom. The van der Waals surface area contributed by atoms with Crippen molar-refractivity contribution in [3.8, 4) is 0 Å². The summed E-state index contributed by atoms with van der Waals surface area (Å²) in [6.07, 6.45) is 3.03. The number of nitrogens with one attached hydrogen (secondary N) is 1. The molecule has 0 amide bonds. The molecule has 0 aliphatic carbocycles. The number of hydrogen-bond donors (Lipinski definition) is 2. The number of sulfonamides is 1. The van der Waals surface area contributed by atoms with Crippen LogP contribution in [0.25, 0.3) is 0 Å². The number of pyridine rings is 1. The lowest BCUT2D eigenvalue weighted by Crippen LogP contribution is -2.15. The van der Waals surface area contributed by atoms with Crippen LogP contribution in [0.5, 0.6) is 0 Å². The predicted octanol–water partition coefficient (Wildman–Crippen LogP) is 2.08. The highest BCUT2D eigenvalue weighted by Crippen LogP contribution is 2.24. The van der Waals surface area contributed by atoms with Crippen LogP contribution in [-0.4, -0.2) is 13.4 Å². The molecule has 0 radical (unpaired) electrons. The van der Waals surface area contributed by atoms with Gasteiger partial charge in [-0.1, -0.05) is 0 Å². The normalized spacial score (nSPS) is 11.3. The van der Waals surface area contributed by atoms with Crippen molar-refractivity contribution in [2.75, 3.05) is 10.5 Å². The highest BCUT2D eigenvalue weighted by molar-refractivity contribution is 7.92. The van der Waals surface area contributed by atoms with Crippen molar-refractivity contribution in [2.45, 2.75) is 18.7 Å². The van der Waals surface area contributed by atoms with Gasteiger partial charge in [0, 0.05) is 11.9 Å². The van der Waals surface area contributed by atoms with Gasteiger partial charge in [-0.15, -0.1) is 0 Å². The Bertz CT molecular complexity index is 697. The first-order valence-corrected chi connectivity index (χ1v) is 7.18. The molecule has 0 saturated carbocycles. The summed E-state index contributed by atoms with van der Waals surface area (Å²) < 4.78 is 27.1. The SMILES string of the molecule is Cc1cc(N)c(C)c(S(=O)(=O)Nc2cccnc2)c1. The van der Waals surface area contributed by atoms with Crippen molar-refractivity contribution < 1.29 is 8.42 Å². The lowest BCUT2D eigenvalue weighted by atomic mass is 10.1. The average Bonchev–Trinajstić information content (AvgIpc) is 2.34. The monoisotopic (exact) mass is 277 g/mol. The van der Waals surface area contributed by atoms with E-state index in [1.165, 1.54) is 6.20 Å². The van der Waals surface area contributed by atoms with Gasteiger partial charge in [0.1, 0.15) is 0 Å². The van der Waals surface area contributed by atoms with E-state index < -0.39 is 10.0 Å². The number of nitrogens with zero attached hydrogens (tertiary/aromatic N) is 1. The maximum atomic E-state index is 12.3.